The first-order valence-corrected chi connectivity index (χ1v) is 15.1. The van der Waals surface area contributed by atoms with E-state index < -0.39 is 18.1 Å². The summed E-state index contributed by atoms with van der Waals surface area (Å²) in [5, 5.41) is 20.6. The van der Waals surface area contributed by atoms with Gasteiger partial charge in [-0.1, -0.05) is 42.5 Å². The van der Waals surface area contributed by atoms with E-state index >= 15 is 0 Å². The van der Waals surface area contributed by atoms with Gasteiger partial charge in [0.2, 0.25) is 0 Å². The molecule has 11 nitrogen and oxygen atoms in total. The molecule has 1 fully saturated rings. The Bertz CT molecular complexity index is 1500. The van der Waals surface area contributed by atoms with Gasteiger partial charge in [-0.05, 0) is 48.9 Å². The number of aliphatic carboxylic acids is 1. The Morgan fingerprint density at radius 3 is 2.60 bits per heavy atom. The van der Waals surface area contributed by atoms with Gasteiger partial charge in [-0.2, -0.15) is 0 Å². The van der Waals surface area contributed by atoms with Gasteiger partial charge in [0.05, 0.1) is 6.54 Å². The lowest BCUT2D eigenvalue weighted by atomic mass is 9.93. The van der Waals surface area contributed by atoms with Crippen LogP contribution in [0.5, 0.6) is 0 Å². The predicted octanol–water partition coefficient (Wildman–Crippen LogP) is 5.03. The van der Waals surface area contributed by atoms with E-state index in [1.807, 2.05) is 43.3 Å². The number of benzene rings is 1. The van der Waals surface area contributed by atoms with Gasteiger partial charge in [0.1, 0.15) is 36.4 Å². The van der Waals surface area contributed by atoms with Crippen LogP contribution in [0.3, 0.4) is 0 Å². The molecule has 1 amide bonds. The number of carboxylic acid groups (broad SMARTS) is 1. The van der Waals surface area contributed by atoms with Crippen molar-refractivity contribution in [2.24, 2.45) is 0 Å². The molecule has 1 saturated heterocycles. The molecule has 1 aliphatic rings. The molecule has 43 heavy (non-hydrogen) atoms. The SMILES string of the molecule is Cc1c(NC[C@H](NC(=O)OCc2ccccc2)C(=O)O)ncnc1N1CCC(c2cccc(NCc3cccs3)n2)CC1. The van der Waals surface area contributed by atoms with Crippen molar-refractivity contribution in [2.75, 3.05) is 35.2 Å². The van der Waals surface area contributed by atoms with Gasteiger partial charge in [-0.15, -0.1) is 11.3 Å². The van der Waals surface area contributed by atoms with Gasteiger partial charge in [0.15, 0.2) is 0 Å². The number of carboxylic acids is 1. The lowest BCUT2D eigenvalue weighted by Gasteiger charge is -2.33. The molecule has 0 bridgehead atoms. The lowest BCUT2D eigenvalue weighted by molar-refractivity contribution is -0.139. The van der Waals surface area contributed by atoms with Crippen LogP contribution in [0.25, 0.3) is 0 Å². The maximum Gasteiger partial charge on any atom is 0.408 e. The Morgan fingerprint density at radius 1 is 1.05 bits per heavy atom. The molecule has 1 atom stereocenters. The Balaban J connectivity index is 1.13. The highest BCUT2D eigenvalue weighted by atomic mass is 32.1. The lowest BCUT2D eigenvalue weighted by Crippen LogP contribution is -2.45. The molecule has 5 rings (SSSR count). The van der Waals surface area contributed by atoms with Crippen molar-refractivity contribution in [2.45, 2.75) is 44.9 Å². The number of hydrogen-bond acceptors (Lipinski definition) is 10. The summed E-state index contributed by atoms with van der Waals surface area (Å²) in [7, 11) is 0. The number of pyridine rings is 1. The van der Waals surface area contributed by atoms with Crippen molar-refractivity contribution in [3.8, 4) is 0 Å². The molecule has 12 heteroatoms. The minimum atomic E-state index is -1.21. The third kappa shape index (κ3) is 8.19. The normalized spacial score (nSPS) is 14.1. The van der Waals surface area contributed by atoms with Crippen LogP contribution in [-0.4, -0.2) is 57.8 Å². The second-order valence-electron chi connectivity index (χ2n) is 10.3. The molecule has 224 valence electrons. The fourth-order valence-corrected chi connectivity index (χ4v) is 5.64. The van der Waals surface area contributed by atoms with Crippen LogP contribution < -0.4 is 20.9 Å². The van der Waals surface area contributed by atoms with E-state index in [1.54, 1.807) is 11.3 Å². The van der Waals surface area contributed by atoms with Crippen molar-refractivity contribution in [3.63, 3.8) is 0 Å². The number of hydrogen-bond donors (Lipinski definition) is 4. The first kappa shape index (κ1) is 29.8. The van der Waals surface area contributed by atoms with Crippen LogP contribution >= 0.6 is 11.3 Å². The second kappa shape index (κ2) is 14.5. The number of alkyl carbamates (subject to hydrolysis) is 1. The summed E-state index contributed by atoms with van der Waals surface area (Å²) >= 11 is 1.72. The summed E-state index contributed by atoms with van der Waals surface area (Å²) in [4.78, 5) is 41.3. The van der Waals surface area contributed by atoms with Crippen molar-refractivity contribution in [1.29, 1.82) is 0 Å². The number of aromatic nitrogens is 3. The van der Waals surface area contributed by atoms with Crippen molar-refractivity contribution in [1.82, 2.24) is 20.3 Å². The maximum atomic E-state index is 12.2. The molecule has 4 N–H and O–H groups in total. The average Bonchev–Trinajstić information content (AvgIpc) is 3.56. The third-order valence-electron chi connectivity index (χ3n) is 7.34. The molecule has 4 aromatic rings. The highest BCUT2D eigenvalue weighted by molar-refractivity contribution is 7.09. The third-order valence-corrected chi connectivity index (χ3v) is 8.22. The smallest absolute Gasteiger partial charge is 0.408 e. The van der Waals surface area contributed by atoms with Crippen molar-refractivity contribution >= 4 is 40.9 Å². The Hall–Kier alpha value is -4.71. The van der Waals surface area contributed by atoms with E-state index in [4.69, 9.17) is 9.72 Å². The van der Waals surface area contributed by atoms with Crippen LogP contribution in [-0.2, 0) is 22.7 Å². The number of nitrogens with zero attached hydrogens (tertiary/aromatic N) is 4. The van der Waals surface area contributed by atoms with Gasteiger partial charge in [-0.3, -0.25) is 0 Å². The van der Waals surface area contributed by atoms with Crippen LogP contribution in [0.15, 0.2) is 72.4 Å². The number of rotatable bonds is 12. The number of piperidine rings is 1. The number of anilines is 3. The molecule has 0 unspecified atom stereocenters. The molecular weight excluding hydrogens is 566 g/mol. The molecule has 4 heterocycles. The first-order chi connectivity index (χ1) is 21.0. The molecule has 0 saturated carbocycles. The van der Waals surface area contributed by atoms with E-state index in [9.17, 15) is 14.7 Å². The van der Waals surface area contributed by atoms with Gasteiger partial charge >= 0.3 is 12.1 Å². The number of carbonyl (C=O) groups is 2. The van der Waals surface area contributed by atoms with Gasteiger partial charge < -0.3 is 30.7 Å². The van der Waals surface area contributed by atoms with E-state index in [0.29, 0.717) is 11.7 Å². The van der Waals surface area contributed by atoms with E-state index in [1.165, 1.54) is 11.2 Å². The summed E-state index contributed by atoms with van der Waals surface area (Å²) < 4.78 is 5.18. The quantitative estimate of drug-likeness (QED) is 0.175. The number of carbonyl (C=O) groups excluding carboxylic acids is 1. The minimum absolute atomic E-state index is 0.0471. The minimum Gasteiger partial charge on any atom is -0.480 e. The second-order valence-corrected chi connectivity index (χ2v) is 11.3. The zero-order valence-electron chi connectivity index (χ0n) is 23.9. The topological polar surface area (TPSA) is 142 Å². The number of thiophene rings is 1. The van der Waals surface area contributed by atoms with Gasteiger partial charge in [0.25, 0.3) is 0 Å². The maximum absolute atomic E-state index is 12.2. The predicted molar refractivity (Wildman–Crippen MR) is 167 cm³/mol. The van der Waals surface area contributed by atoms with Crippen molar-refractivity contribution in [3.05, 3.63) is 94.1 Å². The fraction of sp³-hybridized carbons (Fsp3) is 0.323. The highest BCUT2D eigenvalue weighted by Gasteiger charge is 2.25. The summed E-state index contributed by atoms with van der Waals surface area (Å²) in [6.45, 7) is 4.26. The average molecular weight is 602 g/mol. The van der Waals surface area contributed by atoms with Crippen LogP contribution in [0, 0.1) is 6.92 Å². The summed E-state index contributed by atoms with van der Waals surface area (Å²) in [6, 6.07) is 18.3. The summed E-state index contributed by atoms with van der Waals surface area (Å²) in [6.07, 6.45) is 2.53. The van der Waals surface area contributed by atoms with Gasteiger partial charge in [0, 0.05) is 41.7 Å². The monoisotopic (exact) mass is 601 g/mol. The Morgan fingerprint density at radius 2 is 1.86 bits per heavy atom. The summed E-state index contributed by atoms with van der Waals surface area (Å²) in [5.74, 6) is 1.37. The Kier molecular flexibility index (Phi) is 10.0. The van der Waals surface area contributed by atoms with E-state index in [-0.39, 0.29) is 13.2 Å². The number of amides is 1. The standard InChI is InChI=1S/C31H35N7O4S/c1-21-28(33-18-26(30(39)40)37-31(41)42-19-22-7-3-2-4-8-22)34-20-35-29(21)38-14-12-23(13-15-38)25-10-5-11-27(36-25)32-17-24-9-6-16-43-24/h2-11,16,20,23,26H,12-15,17-19H2,1H3,(H,32,36)(H,37,41)(H,39,40)(H,33,34,35)/t26-/m0/s1. The van der Waals surface area contributed by atoms with Crippen LogP contribution in [0.4, 0.5) is 22.2 Å². The van der Waals surface area contributed by atoms with E-state index in [0.717, 1.165) is 60.9 Å². The number of nitrogens with one attached hydrogen (secondary N) is 3. The molecule has 0 aliphatic carbocycles. The molecule has 1 aromatic carbocycles. The summed E-state index contributed by atoms with van der Waals surface area (Å²) in [5.41, 5.74) is 2.71. The zero-order chi connectivity index (χ0) is 30.0. The fourth-order valence-electron chi connectivity index (χ4n) is 5.00. The molecule has 0 radical (unpaired) electrons. The first-order valence-electron chi connectivity index (χ1n) is 14.2. The molecule has 3 aromatic heterocycles. The molecule has 0 spiro atoms. The van der Waals surface area contributed by atoms with Gasteiger partial charge in [-0.25, -0.2) is 24.5 Å². The largest absolute Gasteiger partial charge is 0.480 e. The van der Waals surface area contributed by atoms with E-state index in [2.05, 4.69) is 60.5 Å². The molecule has 1 aliphatic heterocycles. The zero-order valence-corrected chi connectivity index (χ0v) is 24.7. The highest BCUT2D eigenvalue weighted by Crippen LogP contribution is 2.31. The van der Waals surface area contributed by atoms with Crippen LogP contribution in [0.1, 0.15) is 40.5 Å². The van der Waals surface area contributed by atoms with Crippen molar-refractivity contribution < 1.29 is 19.4 Å². The molecular formula is C31H35N7O4S. The Labute approximate surface area is 254 Å². The number of ether oxygens (including phenoxy) is 1. The van der Waals surface area contributed by atoms with Crippen LogP contribution in [0.2, 0.25) is 0 Å².